The third-order valence-corrected chi connectivity index (χ3v) is 7.06. The first kappa shape index (κ1) is 18.2. The van der Waals surface area contributed by atoms with E-state index in [-0.39, 0.29) is 58.8 Å². The number of esters is 2. The molecule has 2 saturated carbocycles. The highest BCUT2D eigenvalue weighted by Crippen LogP contribution is 2.57. The van der Waals surface area contributed by atoms with Gasteiger partial charge in [-0.3, -0.25) is 10.1 Å². The SMILES string of the molecule is COC1C2CC(C1OC(=O)C1(CC(C)(C)C)NC1(C)C)C1C(=O)OCC21. The predicted molar refractivity (Wildman–Crippen MR) is 94.2 cm³/mol. The molecule has 6 heteroatoms. The van der Waals surface area contributed by atoms with Crippen molar-refractivity contribution in [1.82, 2.24) is 5.32 Å². The Hall–Kier alpha value is -1.14. The van der Waals surface area contributed by atoms with E-state index in [0.29, 0.717) is 13.0 Å². The van der Waals surface area contributed by atoms with Crippen LogP contribution in [-0.4, -0.2) is 48.9 Å². The monoisotopic (exact) mass is 365 g/mol. The topological polar surface area (TPSA) is 83.8 Å². The summed E-state index contributed by atoms with van der Waals surface area (Å²) < 4.78 is 17.1. The van der Waals surface area contributed by atoms with Gasteiger partial charge < -0.3 is 14.2 Å². The molecule has 4 rings (SSSR count). The van der Waals surface area contributed by atoms with Crippen LogP contribution in [0.25, 0.3) is 0 Å². The van der Waals surface area contributed by atoms with Crippen LogP contribution in [0.1, 0.15) is 47.5 Å². The van der Waals surface area contributed by atoms with Crippen molar-refractivity contribution in [3.05, 3.63) is 0 Å². The van der Waals surface area contributed by atoms with Crippen molar-refractivity contribution < 1.29 is 23.8 Å². The highest BCUT2D eigenvalue weighted by Gasteiger charge is 2.70. The van der Waals surface area contributed by atoms with Crippen LogP contribution in [-0.2, 0) is 23.8 Å². The van der Waals surface area contributed by atoms with Crippen LogP contribution >= 0.6 is 0 Å². The Morgan fingerprint density at radius 3 is 2.42 bits per heavy atom. The molecule has 7 unspecified atom stereocenters. The van der Waals surface area contributed by atoms with Crippen molar-refractivity contribution in [2.75, 3.05) is 13.7 Å². The highest BCUT2D eigenvalue weighted by molar-refractivity contribution is 5.88. The van der Waals surface area contributed by atoms with Gasteiger partial charge >= 0.3 is 11.9 Å². The van der Waals surface area contributed by atoms with Crippen molar-refractivity contribution in [1.29, 1.82) is 0 Å². The summed E-state index contributed by atoms with van der Waals surface area (Å²) in [6.45, 7) is 11.0. The summed E-state index contributed by atoms with van der Waals surface area (Å²) in [4.78, 5) is 25.4. The van der Waals surface area contributed by atoms with Gasteiger partial charge in [0.2, 0.25) is 0 Å². The molecule has 7 atom stereocenters. The van der Waals surface area contributed by atoms with Crippen molar-refractivity contribution in [2.24, 2.45) is 29.1 Å². The van der Waals surface area contributed by atoms with E-state index < -0.39 is 5.54 Å². The second-order valence-corrected chi connectivity index (χ2v) is 10.3. The van der Waals surface area contributed by atoms with Crippen LogP contribution < -0.4 is 5.32 Å². The quantitative estimate of drug-likeness (QED) is 0.605. The summed E-state index contributed by atoms with van der Waals surface area (Å²) in [7, 11) is 1.67. The van der Waals surface area contributed by atoms with Crippen molar-refractivity contribution in [2.45, 2.75) is 70.7 Å². The number of carbonyl (C=O) groups excluding carboxylic acids is 2. The summed E-state index contributed by atoms with van der Waals surface area (Å²) >= 11 is 0. The Kier molecular flexibility index (Phi) is 3.82. The number of fused-ring (bicyclic) bond motifs is 5. The van der Waals surface area contributed by atoms with E-state index in [1.165, 1.54) is 0 Å². The summed E-state index contributed by atoms with van der Waals surface area (Å²) in [6, 6.07) is 0. The molecule has 0 amide bonds. The number of hydrogen-bond donors (Lipinski definition) is 1. The van der Waals surface area contributed by atoms with Crippen LogP contribution in [0.2, 0.25) is 0 Å². The van der Waals surface area contributed by atoms with Crippen LogP contribution in [0.15, 0.2) is 0 Å². The zero-order valence-electron chi connectivity index (χ0n) is 16.6. The molecule has 0 aromatic heterocycles. The van der Waals surface area contributed by atoms with Gasteiger partial charge in [-0.1, -0.05) is 20.8 Å². The molecule has 6 nitrogen and oxygen atoms in total. The zero-order valence-corrected chi connectivity index (χ0v) is 16.6. The first-order chi connectivity index (χ1) is 12.0. The minimum absolute atomic E-state index is 0.00448. The van der Waals surface area contributed by atoms with E-state index in [1.54, 1.807) is 7.11 Å². The van der Waals surface area contributed by atoms with Crippen molar-refractivity contribution >= 4 is 11.9 Å². The predicted octanol–water partition coefficient (Wildman–Crippen LogP) is 1.91. The molecule has 0 aromatic rings. The molecule has 2 bridgehead atoms. The first-order valence-corrected chi connectivity index (χ1v) is 9.71. The zero-order chi connectivity index (χ0) is 19.1. The number of nitrogens with one attached hydrogen (secondary N) is 1. The Labute approximate surface area is 155 Å². The molecule has 2 aliphatic heterocycles. The van der Waals surface area contributed by atoms with E-state index in [4.69, 9.17) is 14.2 Å². The summed E-state index contributed by atoms with van der Waals surface area (Å²) in [6.07, 6.45) is 1.08. The molecular formula is C20H31NO5. The number of methoxy groups -OCH3 is 1. The molecule has 26 heavy (non-hydrogen) atoms. The maximum absolute atomic E-state index is 13.2. The molecule has 2 aliphatic carbocycles. The number of cyclic esters (lactones) is 1. The molecule has 1 N–H and O–H groups in total. The van der Waals surface area contributed by atoms with Crippen LogP contribution in [0.3, 0.4) is 0 Å². The maximum Gasteiger partial charge on any atom is 0.328 e. The lowest BCUT2D eigenvalue weighted by atomic mass is 9.77. The highest BCUT2D eigenvalue weighted by atomic mass is 16.6. The van der Waals surface area contributed by atoms with Gasteiger partial charge in [-0.05, 0) is 38.0 Å². The largest absolute Gasteiger partial charge is 0.465 e. The van der Waals surface area contributed by atoms with E-state index in [1.807, 2.05) is 13.8 Å². The molecule has 146 valence electrons. The molecule has 0 aromatic carbocycles. The Morgan fingerprint density at radius 2 is 1.88 bits per heavy atom. The fraction of sp³-hybridized carbons (Fsp3) is 0.900. The van der Waals surface area contributed by atoms with Gasteiger partial charge in [-0.25, -0.2) is 4.79 Å². The van der Waals surface area contributed by atoms with Gasteiger partial charge in [0.1, 0.15) is 11.6 Å². The van der Waals surface area contributed by atoms with Crippen LogP contribution in [0, 0.1) is 29.1 Å². The van der Waals surface area contributed by atoms with Gasteiger partial charge in [0.15, 0.2) is 0 Å². The normalized spacial score (nSPS) is 45.4. The minimum Gasteiger partial charge on any atom is -0.465 e. The lowest BCUT2D eigenvalue weighted by Gasteiger charge is -2.36. The molecule has 2 saturated heterocycles. The average molecular weight is 365 g/mol. The Bertz CT molecular complexity index is 639. The van der Waals surface area contributed by atoms with E-state index in [2.05, 4.69) is 26.1 Å². The standard InChI is InChI=1S/C20H31NO5/c1-18(2,3)9-20(19(4,5)21-20)17(23)26-15-11-7-10(14(15)24-6)12-8-25-16(22)13(11)12/h10-15,21H,7-9H2,1-6H3. The smallest absolute Gasteiger partial charge is 0.328 e. The lowest BCUT2D eigenvalue weighted by Crippen LogP contribution is -2.49. The molecule has 0 spiro atoms. The Morgan fingerprint density at radius 1 is 1.23 bits per heavy atom. The fourth-order valence-electron chi connectivity index (χ4n) is 5.90. The van der Waals surface area contributed by atoms with Gasteiger partial charge in [-0.2, -0.15) is 0 Å². The fourth-order valence-corrected chi connectivity index (χ4v) is 5.90. The van der Waals surface area contributed by atoms with E-state index >= 15 is 0 Å². The molecule has 4 aliphatic rings. The molecule has 0 radical (unpaired) electrons. The van der Waals surface area contributed by atoms with Crippen LogP contribution in [0.5, 0.6) is 0 Å². The summed E-state index contributed by atoms with van der Waals surface area (Å²) in [5.41, 5.74) is -0.956. The van der Waals surface area contributed by atoms with Gasteiger partial charge in [-0.15, -0.1) is 0 Å². The number of hydrogen-bond acceptors (Lipinski definition) is 6. The van der Waals surface area contributed by atoms with Gasteiger partial charge in [0, 0.05) is 24.5 Å². The van der Waals surface area contributed by atoms with Crippen LogP contribution in [0.4, 0.5) is 0 Å². The Balaban J connectivity index is 1.55. The molecule has 2 heterocycles. The molecule has 4 fully saturated rings. The minimum atomic E-state index is -0.666. The second kappa shape index (κ2) is 5.44. The average Bonchev–Trinajstić information content (AvgIpc) is 2.93. The third kappa shape index (κ3) is 2.44. The van der Waals surface area contributed by atoms with E-state index in [0.717, 1.165) is 6.42 Å². The van der Waals surface area contributed by atoms with Gasteiger partial charge in [0.05, 0.1) is 18.6 Å². The lowest BCUT2D eigenvalue weighted by molar-refractivity contribution is -0.170. The first-order valence-electron chi connectivity index (χ1n) is 9.71. The van der Waals surface area contributed by atoms with E-state index in [9.17, 15) is 9.59 Å². The van der Waals surface area contributed by atoms with Crippen molar-refractivity contribution in [3.63, 3.8) is 0 Å². The number of ether oxygens (including phenoxy) is 3. The van der Waals surface area contributed by atoms with Crippen molar-refractivity contribution in [3.8, 4) is 0 Å². The van der Waals surface area contributed by atoms with Gasteiger partial charge in [0.25, 0.3) is 0 Å². The molecular weight excluding hydrogens is 334 g/mol. The second-order valence-electron chi connectivity index (χ2n) is 10.3. The maximum atomic E-state index is 13.2. The number of carbonyl (C=O) groups is 2. The third-order valence-electron chi connectivity index (χ3n) is 7.06. The number of rotatable bonds is 4. The summed E-state index contributed by atoms with van der Waals surface area (Å²) in [5, 5.41) is 3.38. The summed E-state index contributed by atoms with van der Waals surface area (Å²) in [5.74, 6) is -0.0119.